The fourth-order valence-electron chi connectivity index (χ4n) is 1.96. The average Bonchev–Trinajstić information content (AvgIpc) is 2.87. The Balaban J connectivity index is 1.75. The van der Waals surface area contributed by atoms with Gasteiger partial charge in [0.2, 0.25) is 0 Å². The van der Waals surface area contributed by atoms with E-state index in [2.05, 4.69) is 32.4 Å². The van der Waals surface area contributed by atoms with Crippen LogP contribution in [0.5, 0.6) is 0 Å². The van der Waals surface area contributed by atoms with Gasteiger partial charge in [0.15, 0.2) is 0 Å². The predicted molar refractivity (Wildman–Crippen MR) is 76.8 cm³/mol. The van der Waals surface area contributed by atoms with E-state index in [9.17, 15) is 0 Å². The highest BCUT2D eigenvalue weighted by Crippen LogP contribution is 2.15. The molecule has 0 spiro atoms. The summed E-state index contributed by atoms with van der Waals surface area (Å²) in [5, 5.41) is 3.28. The summed E-state index contributed by atoms with van der Waals surface area (Å²) in [7, 11) is 0. The van der Waals surface area contributed by atoms with E-state index < -0.39 is 0 Å². The smallest absolute Gasteiger partial charge is 0.126 e. The van der Waals surface area contributed by atoms with E-state index in [4.69, 9.17) is 5.73 Å². The van der Waals surface area contributed by atoms with Crippen molar-refractivity contribution >= 4 is 22.5 Å². The van der Waals surface area contributed by atoms with Crippen molar-refractivity contribution in [3.63, 3.8) is 0 Å². The minimum absolute atomic E-state index is 0.712. The van der Waals surface area contributed by atoms with Gasteiger partial charge in [-0.2, -0.15) is 0 Å². The molecule has 0 radical (unpaired) electrons. The number of rotatable bonds is 3. The van der Waals surface area contributed by atoms with Gasteiger partial charge in [-0.3, -0.25) is 0 Å². The fraction of sp³-hybridized carbons (Fsp3) is 0.143. The van der Waals surface area contributed by atoms with Crippen molar-refractivity contribution in [2.24, 2.45) is 0 Å². The number of nitrogens with zero attached hydrogens (tertiary/aromatic N) is 2. The lowest BCUT2D eigenvalue weighted by Gasteiger charge is -2.07. The van der Waals surface area contributed by atoms with E-state index in [1.165, 1.54) is 5.56 Å². The number of imidazole rings is 1. The van der Waals surface area contributed by atoms with Gasteiger partial charge in [-0.15, -0.1) is 0 Å². The normalized spacial score (nSPS) is 10.8. The molecule has 0 atom stereocenters. The molecule has 3 rings (SSSR count). The molecule has 0 saturated carbocycles. The number of hydrogen-bond acceptors (Lipinski definition) is 4. The van der Waals surface area contributed by atoms with Crippen LogP contribution in [0, 0.1) is 6.92 Å². The van der Waals surface area contributed by atoms with Gasteiger partial charge in [-0.1, -0.05) is 6.07 Å². The summed E-state index contributed by atoms with van der Waals surface area (Å²) in [4.78, 5) is 11.7. The second-order valence-corrected chi connectivity index (χ2v) is 4.48. The Morgan fingerprint density at radius 2 is 2.16 bits per heavy atom. The zero-order chi connectivity index (χ0) is 13.2. The SMILES string of the molecule is Cc1nc(NCc2ccc3nc[nH]c3c2)ccc1N. The summed E-state index contributed by atoms with van der Waals surface area (Å²) in [5.74, 6) is 0.830. The highest BCUT2D eigenvalue weighted by molar-refractivity contribution is 5.75. The van der Waals surface area contributed by atoms with Crippen molar-refractivity contribution < 1.29 is 0 Å². The molecule has 19 heavy (non-hydrogen) atoms. The molecule has 4 N–H and O–H groups in total. The number of nitrogens with one attached hydrogen (secondary N) is 2. The van der Waals surface area contributed by atoms with Gasteiger partial charge in [0.1, 0.15) is 5.82 Å². The van der Waals surface area contributed by atoms with Crippen molar-refractivity contribution in [1.82, 2.24) is 15.0 Å². The highest BCUT2D eigenvalue weighted by Gasteiger charge is 2.01. The molecule has 0 amide bonds. The van der Waals surface area contributed by atoms with Crippen LogP contribution in [-0.4, -0.2) is 15.0 Å². The van der Waals surface area contributed by atoms with E-state index in [0.29, 0.717) is 12.2 Å². The Morgan fingerprint density at radius 3 is 3.00 bits per heavy atom. The molecule has 96 valence electrons. The average molecular weight is 253 g/mol. The van der Waals surface area contributed by atoms with Gasteiger partial charge in [0.25, 0.3) is 0 Å². The zero-order valence-corrected chi connectivity index (χ0v) is 10.6. The summed E-state index contributed by atoms with van der Waals surface area (Å²) in [5.41, 5.74) is 10.5. The van der Waals surface area contributed by atoms with Crippen LogP contribution >= 0.6 is 0 Å². The molecule has 0 aliphatic heterocycles. The van der Waals surface area contributed by atoms with Crippen LogP contribution in [-0.2, 0) is 6.54 Å². The largest absolute Gasteiger partial charge is 0.397 e. The standard InChI is InChI=1S/C14H15N5/c1-9-11(15)3-5-14(19-9)16-7-10-2-4-12-13(6-10)18-8-17-12/h2-6,8H,7,15H2,1H3,(H,16,19)(H,17,18). The Bertz CT molecular complexity index is 717. The third-order valence-electron chi connectivity index (χ3n) is 3.08. The monoisotopic (exact) mass is 253 g/mol. The minimum Gasteiger partial charge on any atom is -0.397 e. The Hall–Kier alpha value is -2.56. The first-order valence-electron chi connectivity index (χ1n) is 6.11. The molecule has 2 heterocycles. The second-order valence-electron chi connectivity index (χ2n) is 4.48. The van der Waals surface area contributed by atoms with Crippen LogP contribution in [0.1, 0.15) is 11.3 Å². The minimum atomic E-state index is 0.712. The number of anilines is 2. The zero-order valence-electron chi connectivity index (χ0n) is 10.6. The number of nitrogen functional groups attached to an aromatic ring is 1. The van der Waals surface area contributed by atoms with Crippen LogP contribution in [0.4, 0.5) is 11.5 Å². The first-order valence-corrected chi connectivity index (χ1v) is 6.11. The highest BCUT2D eigenvalue weighted by atomic mass is 15.0. The molecule has 1 aromatic carbocycles. The Morgan fingerprint density at radius 1 is 1.26 bits per heavy atom. The van der Waals surface area contributed by atoms with Gasteiger partial charge in [0, 0.05) is 6.54 Å². The summed E-state index contributed by atoms with van der Waals surface area (Å²) in [6.07, 6.45) is 1.70. The fourth-order valence-corrected chi connectivity index (χ4v) is 1.96. The van der Waals surface area contributed by atoms with Crippen LogP contribution in [0.25, 0.3) is 11.0 Å². The number of nitrogens with two attached hydrogens (primary N) is 1. The molecule has 0 saturated heterocycles. The molecule has 0 bridgehead atoms. The maximum atomic E-state index is 5.75. The van der Waals surface area contributed by atoms with Gasteiger partial charge in [-0.05, 0) is 36.8 Å². The number of aryl methyl sites for hydroxylation is 1. The number of benzene rings is 1. The Labute approximate surface area is 110 Å². The van der Waals surface area contributed by atoms with Crippen LogP contribution in [0.2, 0.25) is 0 Å². The van der Waals surface area contributed by atoms with Crippen LogP contribution in [0.3, 0.4) is 0 Å². The lowest BCUT2D eigenvalue weighted by atomic mass is 10.2. The van der Waals surface area contributed by atoms with E-state index in [-0.39, 0.29) is 0 Å². The number of pyridine rings is 1. The number of fused-ring (bicyclic) bond motifs is 1. The summed E-state index contributed by atoms with van der Waals surface area (Å²) in [6, 6.07) is 9.89. The number of aromatic amines is 1. The quantitative estimate of drug-likeness (QED) is 0.670. The first-order chi connectivity index (χ1) is 9.22. The van der Waals surface area contributed by atoms with Gasteiger partial charge >= 0.3 is 0 Å². The molecule has 5 heteroatoms. The number of hydrogen-bond donors (Lipinski definition) is 3. The third kappa shape index (κ3) is 2.35. The van der Waals surface area contributed by atoms with Gasteiger partial charge in [0.05, 0.1) is 28.7 Å². The van der Waals surface area contributed by atoms with Crippen LogP contribution < -0.4 is 11.1 Å². The molecule has 2 aromatic heterocycles. The third-order valence-corrected chi connectivity index (χ3v) is 3.08. The van der Waals surface area contributed by atoms with Crippen LogP contribution in [0.15, 0.2) is 36.7 Å². The maximum absolute atomic E-state index is 5.75. The topological polar surface area (TPSA) is 79.6 Å². The molecule has 0 aliphatic rings. The number of aromatic nitrogens is 3. The van der Waals surface area contributed by atoms with Crippen molar-refractivity contribution in [3.8, 4) is 0 Å². The second kappa shape index (κ2) is 4.61. The Kier molecular flexibility index (Phi) is 2.79. The molecule has 3 aromatic rings. The maximum Gasteiger partial charge on any atom is 0.126 e. The molecule has 0 unspecified atom stereocenters. The van der Waals surface area contributed by atoms with Crippen molar-refractivity contribution in [2.75, 3.05) is 11.1 Å². The molecule has 0 aliphatic carbocycles. The van der Waals surface area contributed by atoms with Crippen molar-refractivity contribution in [1.29, 1.82) is 0 Å². The van der Waals surface area contributed by atoms with Gasteiger partial charge < -0.3 is 16.0 Å². The predicted octanol–water partition coefficient (Wildman–Crippen LogP) is 2.46. The lowest BCUT2D eigenvalue weighted by molar-refractivity contribution is 1.09. The number of H-pyrrole nitrogens is 1. The summed E-state index contributed by atoms with van der Waals surface area (Å²) < 4.78 is 0. The molecular formula is C14H15N5. The molecular weight excluding hydrogens is 238 g/mol. The first kappa shape index (κ1) is 11.5. The van der Waals surface area contributed by atoms with Crippen molar-refractivity contribution in [2.45, 2.75) is 13.5 Å². The summed E-state index contributed by atoms with van der Waals surface area (Å²) in [6.45, 7) is 2.61. The van der Waals surface area contributed by atoms with E-state index >= 15 is 0 Å². The summed E-state index contributed by atoms with van der Waals surface area (Å²) >= 11 is 0. The lowest BCUT2D eigenvalue weighted by Crippen LogP contribution is -2.03. The van der Waals surface area contributed by atoms with E-state index in [1.807, 2.05) is 25.1 Å². The van der Waals surface area contributed by atoms with E-state index in [0.717, 1.165) is 22.5 Å². The van der Waals surface area contributed by atoms with E-state index in [1.54, 1.807) is 6.33 Å². The molecule has 5 nitrogen and oxygen atoms in total. The molecule has 0 fully saturated rings. The van der Waals surface area contributed by atoms with Gasteiger partial charge in [-0.25, -0.2) is 9.97 Å². The van der Waals surface area contributed by atoms with Crippen molar-refractivity contribution in [3.05, 3.63) is 47.9 Å².